The van der Waals surface area contributed by atoms with Gasteiger partial charge in [-0.25, -0.2) is 0 Å². The average molecular weight is 393 g/mol. The van der Waals surface area contributed by atoms with Gasteiger partial charge in [-0.2, -0.15) is 5.10 Å². The first kappa shape index (κ1) is 17.0. The molecule has 0 radical (unpaired) electrons. The van der Waals surface area contributed by atoms with Gasteiger partial charge in [0, 0.05) is 46.1 Å². The highest BCUT2D eigenvalue weighted by molar-refractivity contribution is 6.30. The number of hydrogen-bond donors (Lipinski definition) is 3. The highest BCUT2D eigenvalue weighted by Crippen LogP contribution is 2.45. The van der Waals surface area contributed by atoms with Crippen molar-refractivity contribution in [1.29, 1.82) is 0 Å². The van der Waals surface area contributed by atoms with Crippen LogP contribution in [0.15, 0.2) is 66.0 Å². The Morgan fingerprint density at radius 1 is 1.04 bits per heavy atom. The summed E-state index contributed by atoms with van der Waals surface area (Å²) in [4.78, 5) is 12.8. The maximum atomic E-state index is 12.8. The Bertz CT molecular complexity index is 1090. The van der Waals surface area contributed by atoms with Gasteiger partial charge in [0.25, 0.3) is 0 Å². The molecule has 140 valence electrons. The number of ketones is 1. The number of nitrogens with one attached hydrogen (secondary N) is 3. The molecule has 7 heteroatoms. The van der Waals surface area contributed by atoms with E-state index in [0.717, 1.165) is 28.2 Å². The Morgan fingerprint density at radius 2 is 1.86 bits per heavy atom. The fraction of sp³-hybridized carbons (Fsp3) is 0.143. The van der Waals surface area contributed by atoms with Crippen LogP contribution >= 0.6 is 11.6 Å². The van der Waals surface area contributed by atoms with E-state index in [1.54, 1.807) is 12.1 Å². The topological polar surface area (TPSA) is 79.0 Å². The van der Waals surface area contributed by atoms with E-state index in [2.05, 4.69) is 20.8 Å². The molecule has 3 heterocycles. The molecule has 0 fully saturated rings. The first-order valence-electron chi connectivity index (χ1n) is 9.00. The largest absolute Gasteiger partial charge is 0.457 e. The summed E-state index contributed by atoms with van der Waals surface area (Å²) in [7, 11) is 0. The minimum atomic E-state index is -0.247. The van der Waals surface area contributed by atoms with E-state index in [1.807, 2.05) is 42.6 Å². The van der Waals surface area contributed by atoms with Crippen molar-refractivity contribution in [3.8, 4) is 11.5 Å². The van der Waals surface area contributed by atoms with Crippen molar-refractivity contribution in [3.63, 3.8) is 0 Å². The van der Waals surface area contributed by atoms with Gasteiger partial charge in [-0.05, 0) is 30.3 Å². The van der Waals surface area contributed by atoms with Gasteiger partial charge in [0.1, 0.15) is 11.5 Å². The zero-order valence-corrected chi connectivity index (χ0v) is 15.6. The smallest absolute Gasteiger partial charge is 0.175 e. The van der Waals surface area contributed by atoms with Gasteiger partial charge < -0.3 is 15.4 Å². The SMILES string of the molecule is O=C1CNCC2=C1C(c1ccccc1Oc1ccc(Cl)cc1)c1c[nH]nc1N2. The fourth-order valence-corrected chi connectivity index (χ4v) is 3.91. The number of H-pyrrole nitrogens is 1. The number of hydrogen-bond acceptors (Lipinski definition) is 5. The molecule has 0 aliphatic carbocycles. The number of carbonyl (C=O) groups excluding carboxylic acids is 1. The molecule has 0 saturated heterocycles. The number of aromatic amines is 1. The Morgan fingerprint density at radius 3 is 2.71 bits per heavy atom. The van der Waals surface area contributed by atoms with Crippen LogP contribution in [-0.4, -0.2) is 29.1 Å². The highest BCUT2D eigenvalue weighted by Gasteiger charge is 2.37. The lowest BCUT2D eigenvalue weighted by atomic mass is 9.79. The second kappa shape index (κ2) is 6.82. The summed E-state index contributed by atoms with van der Waals surface area (Å²) in [5.41, 5.74) is 3.48. The summed E-state index contributed by atoms with van der Waals surface area (Å²) >= 11 is 5.98. The number of ether oxygens (including phenoxy) is 1. The minimum Gasteiger partial charge on any atom is -0.457 e. The van der Waals surface area contributed by atoms with Crippen LogP contribution in [0.5, 0.6) is 11.5 Å². The van der Waals surface area contributed by atoms with Crippen LogP contribution < -0.4 is 15.4 Å². The van der Waals surface area contributed by atoms with Crippen molar-refractivity contribution < 1.29 is 9.53 Å². The first-order valence-corrected chi connectivity index (χ1v) is 9.38. The lowest BCUT2D eigenvalue weighted by molar-refractivity contribution is -0.115. The maximum Gasteiger partial charge on any atom is 0.175 e. The number of carbonyl (C=O) groups is 1. The first-order chi connectivity index (χ1) is 13.7. The van der Waals surface area contributed by atoms with Crippen molar-refractivity contribution in [3.05, 3.63) is 82.1 Å². The van der Waals surface area contributed by atoms with Crippen molar-refractivity contribution >= 4 is 23.2 Å². The summed E-state index contributed by atoms with van der Waals surface area (Å²) in [6.45, 7) is 0.925. The molecular weight excluding hydrogens is 376 g/mol. The number of rotatable bonds is 3. The summed E-state index contributed by atoms with van der Waals surface area (Å²) in [5, 5.41) is 14.3. The normalized spacial score (nSPS) is 18.3. The maximum absolute atomic E-state index is 12.8. The molecule has 2 aliphatic heterocycles. The Hall–Kier alpha value is -3.09. The van der Waals surface area contributed by atoms with Crippen LogP contribution in [0, 0.1) is 0 Å². The Balaban J connectivity index is 1.63. The van der Waals surface area contributed by atoms with Crippen molar-refractivity contribution in [2.24, 2.45) is 0 Å². The van der Waals surface area contributed by atoms with E-state index in [1.165, 1.54) is 0 Å². The van der Waals surface area contributed by atoms with Crippen molar-refractivity contribution in [1.82, 2.24) is 15.5 Å². The number of nitrogens with zero attached hydrogens (tertiary/aromatic N) is 1. The summed E-state index contributed by atoms with van der Waals surface area (Å²) in [6, 6.07) is 15.0. The third kappa shape index (κ3) is 2.87. The second-order valence-corrected chi connectivity index (χ2v) is 7.20. The number of halogens is 1. The quantitative estimate of drug-likeness (QED) is 0.631. The lowest BCUT2D eigenvalue weighted by Crippen LogP contribution is -2.39. The molecule has 0 saturated carbocycles. The van der Waals surface area contributed by atoms with Gasteiger partial charge in [0.2, 0.25) is 0 Å². The van der Waals surface area contributed by atoms with Gasteiger partial charge in [0.05, 0.1) is 6.54 Å². The Kier molecular flexibility index (Phi) is 4.15. The van der Waals surface area contributed by atoms with Gasteiger partial charge >= 0.3 is 0 Å². The number of para-hydroxylation sites is 1. The van der Waals surface area contributed by atoms with Crippen LogP contribution in [-0.2, 0) is 4.79 Å². The molecule has 0 bridgehead atoms. The van der Waals surface area contributed by atoms with E-state index >= 15 is 0 Å². The summed E-state index contributed by atoms with van der Waals surface area (Å²) in [6.07, 6.45) is 1.84. The molecule has 2 aromatic carbocycles. The zero-order chi connectivity index (χ0) is 19.1. The van der Waals surface area contributed by atoms with Crippen molar-refractivity contribution in [2.45, 2.75) is 5.92 Å². The van der Waals surface area contributed by atoms with E-state index in [9.17, 15) is 4.79 Å². The number of aromatic nitrogens is 2. The molecule has 28 heavy (non-hydrogen) atoms. The van der Waals surface area contributed by atoms with Crippen LogP contribution in [0.4, 0.5) is 5.82 Å². The number of benzene rings is 2. The number of fused-ring (bicyclic) bond motifs is 1. The van der Waals surface area contributed by atoms with E-state index < -0.39 is 0 Å². The predicted octanol–water partition coefficient (Wildman–Crippen LogP) is 3.84. The van der Waals surface area contributed by atoms with Crippen LogP contribution in [0.25, 0.3) is 0 Å². The summed E-state index contributed by atoms with van der Waals surface area (Å²) in [5.74, 6) is 1.95. The molecule has 2 aliphatic rings. The van der Waals surface area contributed by atoms with Crippen LogP contribution in [0.3, 0.4) is 0 Å². The molecule has 1 unspecified atom stereocenters. The van der Waals surface area contributed by atoms with Crippen LogP contribution in [0.2, 0.25) is 5.02 Å². The van der Waals surface area contributed by atoms with Gasteiger partial charge in [-0.15, -0.1) is 0 Å². The van der Waals surface area contributed by atoms with E-state index in [0.29, 0.717) is 29.6 Å². The van der Waals surface area contributed by atoms with Crippen LogP contribution in [0.1, 0.15) is 17.0 Å². The molecule has 6 nitrogen and oxygen atoms in total. The molecule has 1 aromatic heterocycles. The summed E-state index contributed by atoms with van der Waals surface area (Å²) < 4.78 is 6.17. The standard InChI is InChI=1S/C21H17ClN4O2/c22-12-5-7-13(8-6-12)28-18-4-2-1-3-14(18)19-15-9-24-26-21(15)25-16-10-23-11-17(27)20(16)19/h1-9,19,23H,10-11H2,(H2,24,25,26). The molecule has 3 N–H and O–H groups in total. The van der Waals surface area contributed by atoms with Gasteiger partial charge in [-0.3, -0.25) is 9.89 Å². The molecule has 1 atom stereocenters. The Labute approximate surface area is 166 Å². The predicted molar refractivity (Wildman–Crippen MR) is 107 cm³/mol. The van der Waals surface area contributed by atoms with Crippen molar-refractivity contribution in [2.75, 3.05) is 18.4 Å². The number of anilines is 1. The lowest BCUT2D eigenvalue weighted by Gasteiger charge is -2.32. The van der Waals surface area contributed by atoms with Gasteiger partial charge in [0.15, 0.2) is 11.6 Å². The molecule has 3 aromatic rings. The molecule has 0 amide bonds. The third-order valence-electron chi connectivity index (χ3n) is 5.02. The molecule has 0 spiro atoms. The number of Topliss-reactive ketones (excluding diaryl/α,β-unsaturated/α-hetero) is 1. The average Bonchev–Trinajstić information content (AvgIpc) is 3.17. The fourth-order valence-electron chi connectivity index (χ4n) is 3.79. The van der Waals surface area contributed by atoms with E-state index in [-0.39, 0.29) is 11.7 Å². The third-order valence-corrected chi connectivity index (χ3v) is 5.28. The zero-order valence-electron chi connectivity index (χ0n) is 14.8. The molecule has 5 rings (SSSR count). The van der Waals surface area contributed by atoms with E-state index in [4.69, 9.17) is 16.3 Å². The second-order valence-electron chi connectivity index (χ2n) is 6.76. The monoisotopic (exact) mass is 392 g/mol. The molecular formula is C21H17ClN4O2. The van der Waals surface area contributed by atoms with Gasteiger partial charge in [-0.1, -0.05) is 29.8 Å². The highest BCUT2D eigenvalue weighted by atomic mass is 35.5. The minimum absolute atomic E-state index is 0.0758.